The number of thioether (sulfide) groups is 2. The second kappa shape index (κ2) is 14.5. The lowest BCUT2D eigenvalue weighted by Gasteiger charge is -2.35. The first-order valence-corrected chi connectivity index (χ1v) is 16.7. The predicted molar refractivity (Wildman–Crippen MR) is 159 cm³/mol. The summed E-state index contributed by atoms with van der Waals surface area (Å²) in [4.78, 5) is 54.9. The molecule has 3 aliphatic rings. The van der Waals surface area contributed by atoms with Crippen LogP contribution in [0.4, 0.5) is 4.79 Å². The summed E-state index contributed by atoms with van der Waals surface area (Å²) >= 11 is 3.55. The van der Waals surface area contributed by atoms with E-state index in [0.29, 0.717) is 32.4 Å². The quantitative estimate of drug-likeness (QED) is 0.300. The number of carbonyl (C=O) groups is 4. The van der Waals surface area contributed by atoms with Crippen LogP contribution in [0, 0.1) is 5.92 Å². The number of hydrogen-bond donors (Lipinski definition) is 4. The molecular weight excluding hydrogens is 552 g/mol. The van der Waals surface area contributed by atoms with Crippen molar-refractivity contribution >= 4 is 47.3 Å². The second-order valence-electron chi connectivity index (χ2n) is 12.1. The molecule has 4 amide bonds. The number of alkyl carbamates (subject to hydrolysis) is 1. The first-order valence-electron chi connectivity index (χ1n) is 14.7. The molecule has 228 valence electrons. The molecule has 2 aliphatic heterocycles. The van der Waals surface area contributed by atoms with Gasteiger partial charge < -0.3 is 30.7 Å². The summed E-state index contributed by atoms with van der Waals surface area (Å²) in [5.74, 6) is 0.678. The number of amides is 4. The van der Waals surface area contributed by atoms with Gasteiger partial charge in [0, 0.05) is 31.0 Å². The van der Waals surface area contributed by atoms with Crippen LogP contribution in [0.1, 0.15) is 86.0 Å². The number of aliphatic hydroxyl groups is 1. The van der Waals surface area contributed by atoms with Crippen LogP contribution < -0.4 is 16.0 Å². The van der Waals surface area contributed by atoms with Gasteiger partial charge >= 0.3 is 6.09 Å². The predicted octanol–water partition coefficient (Wildman–Crippen LogP) is 3.02. The third kappa shape index (κ3) is 8.67. The third-order valence-electron chi connectivity index (χ3n) is 7.68. The van der Waals surface area contributed by atoms with E-state index in [1.54, 1.807) is 56.1 Å². The molecule has 4 atom stereocenters. The van der Waals surface area contributed by atoms with E-state index in [1.807, 2.05) is 6.92 Å². The Morgan fingerprint density at radius 1 is 1.05 bits per heavy atom. The van der Waals surface area contributed by atoms with Crippen LogP contribution in [0.5, 0.6) is 0 Å². The minimum absolute atomic E-state index is 0.0367. The van der Waals surface area contributed by atoms with Crippen molar-refractivity contribution in [3.63, 3.8) is 0 Å². The maximum Gasteiger partial charge on any atom is 0.408 e. The number of hydrogen-bond acceptors (Lipinski definition) is 8. The molecule has 3 unspecified atom stereocenters. The Morgan fingerprint density at radius 3 is 2.27 bits per heavy atom. The lowest BCUT2D eigenvalue weighted by atomic mass is 9.83. The number of rotatable bonds is 10. The van der Waals surface area contributed by atoms with Crippen LogP contribution in [-0.4, -0.2) is 92.3 Å². The summed E-state index contributed by atoms with van der Waals surface area (Å²) < 4.78 is 5.22. The topological polar surface area (TPSA) is 137 Å². The van der Waals surface area contributed by atoms with Gasteiger partial charge in [0.1, 0.15) is 17.7 Å². The molecule has 1 spiro atoms. The molecule has 1 saturated carbocycles. The van der Waals surface area contributed by atoms with E-state index < -0.39 is 41.8 Å². The van der Waals surface area contributed by atoms with E-state index in [0.717, 1.165) is 43.6 Å². The Hall–Kier alpha value is -1.66. The minimum Gasteiger partial charge on any atom is -0.444 e. The average molecular weight is 601 g/mol. The summed E-state index contributed by atoms with van der Waals surface area (Å²) in [6.07, 6.45) is 4.25. The monoisotopic (exact) mass is 600 g/mol. The van der Waals surface area contributed by atoms with E-state index in [-0.39, 0.29) is 21.8 Å². The van der Waals surface area contributed by atoms with Gasteiger partial charge in [-0.2, -0.15) is 0 Å². The van der Waals surface area contributed by atoms with Gasteiger partial charge in [0.2, 0.25) is 11.8 Å². The molecule has 1 aliphatic carbocycles. The van der Waals surface area contributed by atoms with E-state index in [9.17, 15) is 24.3 Å². The number of nitrogens with one attached hydrogen (secondary N) is 3. The van der Waals surface area contributed by atoms with Crippen molar-refractivity contribution in [3.8, 4) is 0 Å². The second-order valence-corrected chi connectivity index (χ2v) is 15.3. The Kier molecular flexibility index (Phi) is 11.9. The first-order chi connectivity index (χ1) is 18.9. The fourth-order valence-electron chi connectivity index (χ4n) is 5.83. The maximum atomic E-state index is 14.3. The first kappa shape index (κ1) is 32.8. The Balaban J connectivity index is 1.86. The fraction of sp³-hybridized carbons (Fsp3) is 0.857. The molecule has 0 aromatic heterocycles. The molecule has 2 saturated heterocycles. The molecule has 0 aromatic carbocycles. The minimum atomic E-state index is -1.39. The van der Waals surface area contributed by atoms with Gasteiger partial charge in [-0.25, -0.2) is 4.79 Å². The molecule has 3 fully saturated rings. The smallest absolute Gasteiger partial charge is 0.408 e. The molecule has 12 heteroatoms. The molecule has 4 N–H and O–H groups in total. The molecule has 0 bridgehead atoms. The Morgan fingerprint density at radius 2 is 1.70 bits per heavy atom. The van der Waals surface area contributed by atoms with Crippen LogP contribution in [0.25, 0.3) is 0 Å². The summed E-state index contributed by atoms with van der Waals surface area (Å²) in [5.41, 5.74) is -0.708. The molecule has 0 aromatic rings. The largest absolute Gasteiger partial charge is 0.444 e. The lowest BCUT2D eigenvalue weighted by Crippen LogP contribution is -2.58. The number of ether oxygens (including phenoxy) is 1. The average Bonchev–Trinajstić information content (AvgIpc) is 3.52. The zero-order chi connectivity index (χ0) is 29.5. The van der Waals surface area contributed by atoms with Gasteiger partial charge in [0.05, 0.1) is 10.1 Å². The van der Waals surface area contributed by atoms with Crippen LogP contribution in [0.3, 0.4) is 0 Å². The van der Waals surface area contributed by atoms with Crippen molar-refractivity contribution in [3.05, 3.63) is 0 Å². The van der Waals surface area contributed by atoms with Crippen molar-refractivity contribution in [2.45, 2.75) is 120 Å². The molecule has 2 heterocycles. The fourth-order valence-corrected chi connectivity index (χ4v) is 9.09. The van der Waals surface area contributed by atoms with Crippen LogP contribution in [0.15, 0.2) is 0 Å². The zero-order valence-corrected chi connectivity index (χ0v) is 26.3. The van der Waals surface area contributed by atoms with Crippen molar-refractivity contribution < 1.29 is 29.0 Å². The van der Waals surface area contributed by atoms with Crippen molar-refractivity contribution in [1.82, 2.24) is 20.9 Å². The zero-order valence-electron chi connectivity index (χ0n) is 24.6. The highest BCUT2D eigenvalue weighted by Crippen LogP contribution is 2.52. The summed E-state index contributed by atoms with van der Waals surface area (Å²) in [6.45, 7) is 9.81. The summed E-state index contributed by atoms with van der Waals surface area (Å²) in [7, 11) is 0. The summed E-state index contributed by atoms with van der Waals surface area (Å²) in [5, 5.41) is 19.1. The highest BCUT2D eigenvalue weighted by atomic mass is 32.2. The van der Waals surface area contributed by atoms with Gasteiger partial charge in [0.15, 0.2) is 6.10 Å². The molecule has 3 rings (SSSR count). The Bertz CT molecular complexity index is 902. The Labute approximate surface area is 247 Å². The lowest BCUT2D eigenvalue weighted by molar-refractivity contribution is -0.142. The number of likely N-dealkylation sites (N-methyl/N-ethyl adjacent to an activating group) is 1. The van der Waals surface area contributed by atoms with Gasteiger partial charge in [-0.15, -0.1) is 23.5 Å². The van der Waals surface area contributed by atoms with E-state index in [2.05, 4.69) is 16.0 Å². The number of aliphatic hydroxyl groups excluding tert-OH is 1. The molecule has 10 nitrogen and oxygen atoms in total. The highest BCUT2D eigenvalue weighted by Gasteiger charge is 2.53. The SMILES string of the molecule is CCCC(NC(=O)[C@@H]1CC2(CN1C(=O)C(NC(=O)OC(C)(C)C)C1CCCCC1)SCCS2)C(O)C(=O)NCC. The van der Waals surface area contributed by atoms with Crippen molar-refractivity contribution in [1.29, 1.82) is 0 Å². The number of carbonyl (C=O) groups excluding carboxylic acids is 4. The molecular formula is C28H48N4O6S2. The molecule has 40 heavy (non-hydrogen) atoms. The number of likely N-dealkylation sites (tertiary alicyclic amines) is 1. The van der Waals surface area contributed by atoms with Crippen LogP contribution >= 0.6 is 23.5 Å². The summed E-state index contributed by atoms with van der Waals surface area (Å²) in [6, 6.07) is -2.32. The van der Waals surface area contributed by atoms with Crippen LogP contribution in [0.2, 0.25) is 0 Å². The van der Waals surface area contributed by atoms with Crippen LogP contribution in [-0.2, 0) is 19.1 Å². The van der Waals surface area contributed by atoms with Gasteiger partial charge in [-0.1, -0.05) is 32.6 Å². The maximum absolute atomic E-state index is 14.3. The van der Waals surface area contributed by atoms with E-state index in [1.165, 1.54) is 0 Å². The normalized spacial score (nSPS) is 23.4. The number of nitrogens with zero attached hydrogens (tertiary/aromatic N) is 1. The standard InChI is InChI=1S/C28H48N4O6S2/c1-6-11-19(22(33)24(35)29-7-2)30-23(34)20-16-28(39-14-15-40-28)17-32(20)25(36)21(18-12-9-8-10-13-18)31-26(37)38-27(3,4)5/h18-22,33H,6-17H2,1-5H3,(H,29,35)(H,30,34)(H,31,37)/t19?,20-,21?,22?/m0/s1. The van der Waals surface area contributed by atoms with Gasteiger partial charge in [-0.05, 0) is 52.9 Å². The highest BCUT2D eigenvalue weighted by molar-refractivity contribution is 8.21. The van der Waals surface area contributed by atoms with Crippen molar-refractivity contribution in [2.75, 3.05) is 24.6 Å². The molecule has 0 radical (unpaired) electrons. The van der Waals surface area contributed by atoms with Crippen molar-refractivity contribution in [2.24, 2.45) is 5.92 Å². The van der Waals surface area contributed by atoms with Gasteiger partial charge in [0.25, 0.3) is 5.91 Å². The van der Waals surface area contributed by atoms with E-state index >= 15 is 0 Å². The third-order valence-corrected chi connectivity index (χ3v) is 11.1. The van der Waals surface area contributed by atoms with Gasteiger partial charge in [-0.3, -0.25) is 14.4 Å². The van der Waals surface area contributed by atoms with E-state index in [4.69, 9.17) is 4.74 Å².